The highest BCUT2D eigenvalue weighted by atomic mass is 16.3. The summed E-state index contributed by atoms with van der Waals surface area (Å²) in [6.07, 6.45) is 6.59. The van der Waals surface area contributed by atoms with Crippen molar-refractivity contribution in [3.8, 4) is 0 Å². The van der Waals surface area contributed by atoms with E-state index in [1.165, 1.54) is 6.42 Å². The maximum Gasteiger partial charge on any atom is 0.322 e. The molecule has 2 heterocycles. The number of carbonyl (C=O) groups is 2. The van der Waals surface area contributed by atoms with Crippen LogP contribution < -0.4 is 16.0 Å². The third-order valence-electron chi connectivity index (χ3n) is 6.33. The number of carbonyl (C=O) groups excluding carboxylic acids is 2. The van der Waals surface area contributed by atoms with Gasteiger partial charge in [-0.05, 0) is 45.4 Å². The van der Waals surface area contributed by atoms with Crippen LogP contribution in [0.1, 0.15) is 58.8 Å². The van der Waals surface area contributed by atoms with E-state index in [1.807, 2.05) is 13.8 Å². The van der Waals surface area contributed by atoms with E-state index in [0.29, 0.717) is 6.54 Å². The van der Waals surface area contributed by atoms with E-state index in [1.54, 1.807) is 0 Å². The molecule has 2 aliphatic heterocycles. The maximum atomic E-state index is 12.2. The first kappa shape index (κ1) is 19.9. The minimum atomic E-state index is -0.823. The topological polar surface area (TPSA) is 106 Å². The third-order valence-corrected chi connectivity index (χ3v) is 6.33. The van der Waals surface area contributed by atoms with Gasteiger partial charge >= 0.3 is 6.03 Å². The molecule has 0 aromatic rings. The molecule has 3 rings (SSSR count). The standard InChI is InChI=1S/C19H33N5O3/c1-3-20-16(21-13-19(27)9-5-4-6-10-19)24-11-7-14(8-12-24)18(2)15(25)22-17(26)23-18/h14,27H,3-13H2,1-2H3,(H,20,21)(H2,22,23,25,26). The van der Waals surface area contributed by atoms with Crippen molar-refractivity contribution in [3.63, 3.8) is 0 Å². The van der Waals surface area contributed by atoms with Crippen LogP contribution in [0.3, 0.4) is 0 Å². The van der Waals surface area contributed by atoms with Gasteiger partial charge < -0.3 is 20.6 Å². The molecule has 152 valence electrons. The molecule has 3 aliphatic rings. The highest BCUT2D eigenvalue weighted by Gasteiger charge is 2.48. The second kappa shape index (κ2) is 8.04. The quantitative estimate of drug-likeness (QED) is 0.331. The Morgan fingerprint density at radius 1 is 1.26 bits per heavy atom. The van der Waals surface area contributed by atoms with Crippen molar-refractivity contribution in [1.82, 2.24) is 20.9 Å². The van der Waals surface area contributed by atoms with Crippen molar-refractivity contribution in [2.45, 2.75) is 69.9 Å². The molecule has 3 amide bonds. The van der Waals surface area contributed by atoms with Crippen LogP contribution in [0.5, 0.6) is 0 Å². The first-order chi connectivity index (χ1) is 12.9. The lowest BCUT2D eigenvalue weighted by Gasteiger charge is -2.40. The van der Waals surface area contributed by atoms with Crippen LogP contribution in [0.25, 0.3) is 0 Å². The summed E-state index contributed by atoms with van der Waals surface area (Å²) >= 11 is 0. The Morgan fingerprint density at radius 2 is 1.93 bits per heavy atom. The molecule has 27 heavy (non-hydrogen) atoms. The molecule has 1 unspecified atom stereocenters. The van der Waals surface area contributed by atoms with Gasteiger partial charge in [0.1, 0.15) is 5.54 Å². The van der Waals surface area contributed by atoms with Gasteiger partial charge in [-0.25, -0.2) is 4.79 Å². The zero-order valence-electron chi connectivity index (χ0n) is 16.5. The van der Waals surface area contributed by atoms with Crippen molar-refractivity contribution in [2.24, 2.45) is 10.9 Å². The van der Waals surface area contributed by atoms with E-state index < -0.39 is 17.2 Å². The molecule has 8 nitrogen and oxygen atoms in total. The van der Waals surface area contributed by atoms with Gasteiger partial charge in [-0.1, -0.05) is 19.3 Å². The lowest BCUT2D eigenvalue weighted by atomic mass is 9.79. The van der Waals surface area contributed by atoms with Crippen LogP contribution in [-0.2, 0) is 4.79 Å². The summed E-state index contributed by atoms with van der Waals surface area (Å²) in [7, 11) is 0. The molecule has 0 bridgehead atoms. The van der Waals surface area contributed by atoms with Crippen molar-refractivity contribution in [2.75, 3.05) is 26.2 Å². The fourth-order valence-corrected chi connectivity index (χ4v) is 4.53. The molecule has 0 radical (unpaired) electrons. The van der Waals surface area contributed by atoms with E-state index in [9.17, 15) is 14.7 Å². The molecule has 1 aliphatic carbocycles. The number of hydrogen-bond donors (Lipinski definition) is 4. The number of nitrogens with one attached hydrogen (secondary N) is 3. The van der Waals surface area contributed by atoms with Crippen LogP contribution >= 0.6 is 0 Å². The smallest absolute Gasteiger partial charge is 0.322 e. The van der Waals surface area contributed by atoms with Crippen molar-refractivity contribution >= 4 is 17.9 Å². The Labute approximate surface area is 161 Å². The number of piperidine rings is 1. The second-order valence-corrected chi connectivity index (χ2v) is 8.33. The number of hydrogen-bond acceptors (Lipinski definition) is 4. The molecule has 1 saturated carbocycles. The summed E-state index contributed by atoms with van der Waals surface area (Å²) < 4.78 is 0. The van der Waals surface area contributed by atoms with Crippen LogP contribution in [0.2, 0.25) is 0 Å². The number of urea groups is 1. The fraction of sp³-hybridized carbons (Fsp3) is 0.842. The molecule has 3 fully saturated rings. The van der Waals surface area contributed by atoms with Crippen molar-refractivity contribution in [1.29, 1.82) is 0 Å². The fourth-order valence-electron chi connectivity index (χ4n) is 4.53. The van der Waals surface area contributed by atoms with Crippen LogP contribution in [0.4, 0.5) is 4.79 Å². The number of amides is 3. The molecule has 4 N–H and O–H groups in total. The van der Waals surface area contributed by atoms with Gasteiger partial charge in [-0.15, -0.1) is 0 Å². The van der Waals surface area contributed by atoms with Gasteiger partial charge in [0.15, 0.2) is 5.96 Å². The molecule has 0 aromatic carbocycles. The van der Waals surface area contributed by atoms with E-state index in [4.69, 9.17) is 4.99 Å². The minimum absolute atomic E-state index is 0.102. The molecule has 8 heteroatoms. The summed E-state index contributed by atoms with van der Waals surface area (Å²) in [5, 5.41) is 19.2. The van der Waals surface area contributed by atoms with Crippen LogP contribution in [0.15, 0.2) is 4.99 Å². The van der Waals surface area contributed by atoms with Crippen LogP contribution in [-0.4, -0.2) is 65.2 Å². The maximum absolute atomic E-state index is 12.2. The number of guanidine groups is 1. The zero-order valence-corrected chi connectivity index (χ0v) is 16.5. The minimum Gasteiger partial charge on any atom is -0.388 e. The highest BCUT2D eigenvalue weighted by Crippen LogP contribution is 2.31. The van der Waals surface area contributed by atoms with Crippen molar-refractivity contribution in [3.05, 3.63) is 0 Å². The Hall–Kier alpha value is -1.83. The summed E-state index contributed by atoms with van der Waals surface area (Å²) in [4.78, 5) is 30.6. The number of nitrogens with zero attached hydrogens (tertiary/aromatic N) is 2. The number of rotatable bonds is 4. The highest BCUT2D eigenvalue weighted by molar-refractivity contribution is 6.07. The average molecular weight is 380 g/mol. The Balaban J connectivity index is 1.60. The van der Waals surface area contributed by atoms with Gasteiger partial charge in [0.2, 0.25) is 0 Å². The van der Waals surface area contributed by atoms with Gasteiger partial charge in [0.25, 0.3) is 5.91 Å². The molecule has 1 atom stereocenters. The number of likely N-dealkylation sites (tertiary alicyclic amines) is 1. The number of imide groups is 1. The normalized spacial score (nSPS) is 29.4. The predicted octanol–water partition coefficient (Wildman–Crippen LogP) is 0.957. The Morgan fingerprint density at radius 3 is 2.48 bits per heavy atom. The monoisotopic (exact) mass is 379 g/mol. The van der Waals surface area contributed by atoms with E-state index >= 15 is 0 Å². The summed E-state index contributed by atoms with van der Waals surface area (Å²) in [6.45, 7) is 6.60. The largest absolute Gasteiger partial charge is 0.388 e. The predicted molar refractivity (Wildman–Crippen MR) is 103 cm³/mol. The van der Waals surface area contributed by atoms with Gasteiger partial charge in [-0.2, -0.15) is 0 Å². The summed E-state index contributed by atoms with van der Waals surface area (Å²) in [5.74, 6) is 0.705. The van der Waals surface area contributed by atoms with E-state index in [2.05, 4.69) is 20.9 Å². The SMILES string of the molecule is CCNC(=NCC1(O)CCCCC1)N1CCC(C2(C)NC(=O)NC2=O)CC1. The number of aliphatic hydroxyl groups is 1. The lowest BCUT2D eigenvalue weighted by Crippen LogP contribution is -2.55. The lowest BCUT2D eigenvalue weighted by molar-refractivity contribution is -0.125. The van der Waals surface area contributed by atoms with Gasteiger partial charge in [0, 0.05) is 19.6 Å². The molecular weight excluding hydrogens is 346 g/mol. The first-order valence-electron chi connectivity index (χ1n) is 10.3. The molecular formula is C19H33N5O3. The van der Waals surface area contributed by atoms with Gasteiger partial charge in [-0.3, -0.25) is 15.1 Å². The summed E-state index contributed by atoms with van der Waals surface area (Å²) in [5.41, 5.74) is -1.49. The average Bonchev–Trinajstić information content (AvgIpc) is 2.92. The van der Waals surface area contributed by atoms with Gasteiger partial charge in [0.05, 0.1) is 12.1 Å². The third kappa shape index (κ3) is 4.36. The second-order valence-electron chi connectivity index (χ2n) is 8.33. The van der Waals surface area contributed by atoms with Crippen LogP contribution in [0, 0.1) is 5.92 Å². The molecule has 0 spiro atoms. The summed E-state index contributed by atoms with van der Waals surface area (Å²) in [6, 6.07) is -0.402. The zero-order chi connectivity index (χ0) is 19.5. The van der Waals surface area contributed by atoms with E-state index in [-0.39, 0.29) is 11.8 Å². The first-order valence-corrected chi connectivity index (χ1v) is 10.3. The molecule has 2 saturated heterocycles. The van der Waals surface area contributed by atoms with Crippen molar-refractivity contribution < 1.29 is 14.7 Å². The Bertz CT molecular complexity index is 594. The van der Waals surface area contributed by atoms with E-state index in [0.717, 1.165) is 64.1 Å². The number of aliphatic imine (C=N–C) groups is 1. The molecule has 0 aromatic heterocycles. The Kier molecular flexibility index (Phi) is 5.93.